The number of benzene rings is 1. The monoisotopic (exact) mass is 219 g/mol. The molecule has 0 aliphatic carbocycles. The van der Waals surface area contributed by atoms with Crippen molar-refractivity contribution in [3.63, 3.8) is 0 Å². The lowest BCUT2D eigenvalue weighted by molar-refractivity contribution is -0.112. The lowest BCUT2D eigenvalue weighted by atomic mass is 10.2. The lowest BCUT2D eigenvalue weighted by Crippen LogP contribution is -2.22. The van der Waals surface area contributed by atoms with Crippen LogP contribution in [0, 0.1) is 0 Å². The van der Waals surface area contributed by atoms with Gasteiger partial charge in [0, 0.05) is 6.54 Å². The number of allylic oxidation sites excluding steroid dienone is 1. The summed E-state index contributed by atoms with van der Waals surface area (Å²) in [5.41, 5.74) is 6.41. The number of carbonyl (C=O) groups excluding carboxylic acids is 1. The van der Waals surface area contributed by atoms with Crippen LogP contribution in [-0.4, -0.2) is 18.4 Å². The molecule has 0 aromatic heterocycles. The van der Waals surface area contributed by atoms with Crippen LogP contribution < -0.4 is 10.5 Å². The zero-order chi connectivity index (χ0) is 12.0. The van der Waals surface area contributed by atoms with Gasteiger partial charge in [0.25, 0.3) is 0 Å². The molecule has 0 aliphatic rings. The van der Waals surface area contributed by atoms with Crippen LogP contribution in [0.5, 0.6) is 5.75 Å². The van der Waals surface area contributed by atoms with E-state index in [1.165, 1.54) is 13.0 Å². The summed E-state index contributed by atoms with van der Waals surface area (Å²) in [4.78, 5) is 10.8. The Morgan fingerprint density at radius 3 is 2.94 bits per heavy atom. The molecule has 0 fully saturated rings. The third-order valence-corrected chi connectivity index (χ3v) is 2.04. The Morgan fingerprint density at radius 1 is 1.56 bits per heavy atom. The Labute approximate surface area is 95.9 Å². The molecular formula is C13H17NO2. The summed E-state index contributed by atoms with van der Waals surface area (Å²) in [6, 6.07) is 7.56. The van der Waals surface area contributed by atoms with Crippen LogP contribution in [0.25, 0.3) is 6.08 Å². The Kier molecular flexibility index (Phi) is 4.73. The second kappa shape index (κ2) is 6.08. The van der Waals surface area contributed by atoms with Gasteiger partial charge >= 0.3 is 0 Å². The minimum absolute atomic E-state index is 0.00737. The summed E-state index contributed by atoms with van der Waals surface area (Å²) >= 11 is 0. The smallest absolute Gasteiger partial charge is 0.152 e. The normalized spacial score (nSPS) is 12.7. The predicted octanol–water partition coefficient (Wildman–Crippen LogP) is 2.01. The highest BCUT2D eigenvalue weighted by Crippen LogP contribution is 2.15. The summed E-state index contributed by atoms with van der Waals surface area (Å²) in [6.45, 7) is 3.92. The van der Waals surface area contributed by atoms with Gasteiger partial charge in [-0.1, -0.05) is 18.2 Å². The van der Waals surface area contributed by atoms with Gasteiger partial charge in [-0.05, 0) is 37.6 Å². The number of ketones is 1. The van der Waals surface area contributed by atoms with Crippen molar-refractivity contribution < 1.29 is 9.53 Å². The molecule has 1 aromatic rings. The second-order valence-electron chi connectivity index (χ2n) is 3.68. The first-order valence-electron chi connectivity index (χ1n) is 5.27. The minimum atomic E-state index is -0.00737. The number of rotatable bonds is 5. The van der Waals surface area contributed by atoms with Crippen molar-refractivity contribution >= 4 is 11.9 Å². The van der Waals surface area contributed by atoms with E-state index in [0.717, 1.165) is 11.3 Å². The molecule has 1 atom stereocenters. The minimum Gasteiger partial charge on any atom is -0.489 e. The van der Waals surface area contributed by atoms with E-state index >= 15 is 0 Å². The molecule has 0 saturated heterocycles. The zero-order valence-corrected chi connectivity index (χ0v) is 9.64. The Balaban J connectivity index is 2.74. The van der Waals surface area contributed by atoms with Gasteiger partial charge in [0.1, 0.15) is 11.9 Å². The Morgan fingerprint density at radius 2 is 2.31 bits per heavy atom. The van der Waals surface area contributed by atoms with Gasteiger partial charge in [-0.15, -0.1) is 0 Å². The van der Waals surface area contributed by atoms with E-state index in [4.69, 9.17) is 10.5 Å². The average Bonchev–Trinajstić information content (AvgIpc) is 2.26. The molecule has 0 amide bonds. The first-order chi connectivity index (χ1) is 7.61. The van der Waals surface area contributed by atoms with Crippen LogP contribution in [0.2, 0.25) is 0 Å². The van der Waals surface area contributed by atoms with Crippen LogP contribution in [0.4, 0.5) is 0 Å². The van der Waals surface area contributed by atoms with Crippen molar-refractivity contribution in [3.05, 3.63) is 35.9 Å². The van der Waals surface area contributed by atoms with Gasteiger partial charge in [0.15, 0.2) is 5.78 Å². The van der Waals surface area contributed by atoms with Gasteiger partial charge in [-0.25, -0.2) is 0 Å². The fourth-order valence-corrected chi connectivity index (χ4v) is 1.19. The Hall–Kier alpha value is -1.61. The first kappa shape index (κ1) is 12.5. The standard InChI is InChI=1S/C13H17NO2/c1-10(15)6-7-12-4-3-5-13(8-12)16-11(2)9-14/h3-8,11H,9,14H2,1-2H3/b7-6+. The summed E-state index contributed by atoms with van der Waals surface area (Å²) in [6.07, 6.45) is 3.29. The van der Waals surface area contributed by atoms with E-state index < -0.39 is 0 Å². The molecule has 3 nitrogen and oxygen atoms in total. The van der Waals surface area contributed by atoms with Crippen LogP contribution in [-0.2, 0) is 4.79 Å². The molecule has 1 rings (SSSR count). The van der Waals surface area contributed by atoms with E-state index in [9.17, 15) is 4.79 Å². The number of nitrogens with two attached hydrogens (primary N) is 1. The fourth-order valence-electron chi connectivity index (χ4n) is 1.19. The van der Waals surface area contributed by atoms with E-state index in [1.807, 2.05) is 31.2 Å². The van der Waals surface area contributed by atoms with E-state index in [0.29, 0.717) is 6.54 Å². The number of ether oxygens (including phenoxy) is 1. The quantitative estimate of drug-likeness (QED) is 0.771. The lowest BCUT2D eigenvalue weighted by Gasteiger charge is -2.12. The molecule has 86 valence electrons. The maximum Gasteiger partial charge on any atom is 0.152 e. The highest BCUT2D eigenvalue weighted by atomic mass is 16.5. The molecule has 0 heterocycles. The zero-order valence-electron chi connectivity index (χ0n) is 9.64. The molecule has 2 N–H and O–H groups in total. The predicted molar refractivity (Wildman–Crippen MR) is 65.3 cm³/mol. The molecule has 3 heteroatoms. The number of carbonyl (C=O) groups is 1. The van der Waals surface area contributed by atoms with Gasteiger partial charge in [-0.3, -0.25) is 4.79 Å². The van der Waals surface area contributed by atoms with Crippen molar-refractivity contribution in [2.75, 3.05) is 6.54 Å². The van der Waals surface area contributed by atoms with Gasteiger partial charge in [0.05, 0.1) is 0 Å². The van der Waals surface area contributed by atoms with Crippen molar-refractivity contribution in [2.45, 2.75) is 20.0 Å². The molecule has 0 bridgehead atoms. The van der Waals surface area contributed by atoms with Gasteiger partial charge < -0.3 is 10.5 Å². The SMILES string of the molecule is CC(=O)/C=C/c1cccc(OC(C)CN)c1. The number of hydrogen-bond acceptors (Lipinski definition) is 3. The molecule has 0 aliphatic heterocycles. The fraction of sp³-hybridized carbons (Fsp3) is 0.308. The summed E-state index contributed by atoms with van der Waals surface area (Å²) < 4.78 is 5.57. The molecule has 0 radical (unpaired) electrons. The molecule has 0 spiro atoms. The highest BCUT2D eigenvalue weighted by Gasteiger charge is 2.00. The second-order valence-corrected chi connectivity index (χ2v) is 3.68. The van der Waals surface area contributed by atoms with Crippen molar-refractivity contribution in [2.24, 2.45) is 5.73 Å². The van der Waals surface area contributed by atoms with Crippen LogP contribution in [0.15, 0.2) is 30.3 Å². The summed E-state index contributed by atoms with van der Waals surface area (Å²) in [5, 5.41) is 0. The van der Waals surface area contributed by atoms with Crippen LogP contribution in [0.3, 0.4) is 0 Å². The van der Waals surface area contributed by atoms with Gasteiger partial charge in [0.2, 0.25) is 0 Å². The highest BCUT2D eigenvalue weighted by molar-refractivity contribution is 5.91. The largest absolute Gasteiger partial charge is 0.489 e. The van der Waals surface area contributed by atoms with E-state index in [1.54, 1.807) is 6.08 Å². The topological polar surface area (TPSA) is 52.3 Å². The van der Waals surface area contributed by atoms with E-state index in [-0.39, 0.29) is 11.9 Å². The maximum absolute atomic E-state index is 10.8. The Bertz CT molecular complexity index is 385. The first-order valence-corrected chi connectivity index (χ1v) is 5.27. The third-order valence-electron chi connectivity index (χ3n) is 2.04. The van der Waals surface area contributed by atoms with Crippen LogP contribution in [0.1, 0.15) is 19.4 Å². The van der Waals surface area contributed by atoms with Crippen molar-refractivity contribution in [1.29, 1.82) is 0 Å². The summed E-state index contributed by atoms with van der Waals surface area (Å²) in [7, 11) is 0. The number of hydrogen-bond donors (Lipinski definition) is 1. The molecule has 0 saturated carbocycles. The van der Waals surface area contributed by atoms with Crippen molar-refractivity contribution in [1.82, 2.24) is 0 Å². The maximum atomic E-state index is 10.8. The summed E-state index contributed by atoms with van der Waals surface area (Å²) in [5.74, 6) is 0.797. The average molecular weight is 219 g/mol. The molecule has 1 aromatic carbocycles. The van der Waals surface area contributed by atoms with Gasteiger partial charge in [-0.2, -0.15) is 0 Å². The van der Waals surface area contributed by atoms with Crippen LogP contribution >= 0.6 is 0 Å². The van der Waals surface area contributed by atoms with Crippen molar-refractivity contribution in [3.8, 4) is 5.75 Å². The molecule has 16 heavy (non-hydrogen) atoms. The molecular weight excluding hydrogens is 202 g/mol. The molecule has 1 unspecified atom stereocenters. The third kappa shape index (κ3) is 4.28. The van der Waals surface area contributed by atoms with E-state index in [2.05, 4.69) is 0 Å².